The summed E-state index contributed by atoms with van der Waals surface area (Å²) in [5, 5.41) is 2.97. The molecular weight excluding hydrogens is 358 g/mol. The number of nitrogens with one attached hydrogen (secondary N) is 1. The van der Waals surface area contributed by atoms with Crippen LogP contribution in [0.4, 0.5) is 0 Å². The van der Waals surface area contributed by atoms with Crippen LogP contribution >= 0.6 is 0 Å². The zero-order chi connectivity index (χ0) is 20.1. The van der Waals surface area contributed by atoms with Crippen LogP contribution < -0.4 is 24.3 Å². The minimum atomic E-state index is -0.0792. The molecule has 1 aliphatic rings. The molecule has 0 fully saturated rings. The molecule has 3 rings (SSSR count). The quantitative estimate of drug-likeness (QED) is 0.755. The van der Waals surface area contributed by atoms with E-state index in [-0.39, 0.29) is 18.4 Å². The SMILES string of the molecule is CCOc1cc2c(cc1CNC(=O)Cc1ccc(OC)c(OC)c1)O[C@@H](C)C2. The van der Waals surface area contributed by atoms with Crippen molar-refractivity contribution in [3.05, 3.63) is 47.0 Å². The Morgan fingerprint density at radius 2 is 1.93 bits per heavy atom. The van der Waals surface area contributed by atoms with Crippen molar-refractivity contribution in [1.82, 2.24) is 5.32 Å². The third-order valence-corrected chi connectivity index (χ3v) is 4.67. The van der Waals surface area contributed by atoms with E-state index in [1.807, 2.05) is 38.1 Å². The van der Waals surface area contributed by atoms with E-state index >= 15 is 0 Å². The van der Waals surface area contributed by atoms with Crippen molar-refractivity contribution in [2.45, 2.75) is 39.3 Å². The minimum Gasteiger partial charge on any atom is -0.494 e. The molecule has 28 heavy (non-hydrogen) atoms. The van der Waals surface area contributed by atoms with Crippen LogP contribution in [0.2, 0.25) is 0 Å². The second-order valence-electron chi connectivity index (χ2n) is 6.78. The van der Waals surface area contributed by atoms with Gasteiger partial charge in [0.25, 0.3) is 0 Å². The van der Waals surface area contributed by atoms with Crippen molar-refractivity contribution >= 4 is 5.91 Å². The van der Waals surface area contributed by atoms with E-state index < -0.39 is 0 Å². The summed E-state index contributed by atoms with van der Waals surface area (Å²) in [6.45, 7) is 4.95. The van der Waals surface area contributed by atoms with Crippen molar-refractivity contribution in [3.8, 4) is 23.0 Å². The van der Waals surface area contributed by atoms with E-state index in [0.29, 0.717) is 24.7 Å². The summed E-state index contributed by atoms with van der Waals surface area (Å²) in [4.78, 5) is 12.4. The van der Waals surface area contributed by atoms with E-state index in [4.69, 9.17) is 18.9 Å². The number of amides is 1. The molecular formula is C22H27NO5. The maximum absolute atomic E-state index is 12.4. The van der Waals surface area contributed by atoms with Crippen LogP contribution in [-0.2, 0) is 24.2 Å². The Morgan fingerprint density at radius 3 is 2.64 bits per heavy atom. The largest absolute Gasteiger partial charge is 0.494 e. The molecule has 2 aromatic carbocycles. The summed E-state index contributed by atoms with van der Waals surface area (Å²) < 4.78 is 22.1. The first-order valence-corrected chi connectivity index (χ1v) is 9.46. The Kier molecular flexibility index (Phi) is 6.29. The lowest BCUT2D eigenvalue weighted by molar-refractivity contribution is -0.120. The molecule has 1 heterocycles. The second-order valence-corrected chi connectivity index (χ2v) is 6.78. The number of hydrogen-bond acceptors (Lipinski definition) is 5. The second kappa shape index (κ2) is 8.87. The van der Waals surface area contributed by atoms with Crippen molar-refractivity contribution in [3.63, 3.8) is 0 Å². The topological polar surface area (TPSA) is 66.0 Å². The fourth-order valence-corrected chi connectivity index (χ4v) is 3.34. The van der Waals surface area contributed by atoms with Crippen LogP contribution in [0.5, 0.6) is 23.0 Å². The number of rotatable bonds is 8. The fourth-order valence-electron chi connectivity index (χ4n) is 3.34. The van der Waals surface area contributed by atoms with E-state index in [0.717, 1.165) is 34.6 Å². The average molecular weight is 385 g/mol. The zero-order valence-corrected chi connectivity index (χ0v) is 16.8. The van der Waals surface area contributed by atoms with Crippen LogP contribution in [0.3, 0.4) is 0 Å². The highest BCUT2D eigenvalue weighted by Crippen LogP contribution is 2.35. The van der Waals surface area contributed by atoms with Gasteiger partial charge in [-0.05, 0) is 43.7 Å². The molecule has 0 bridgehead atoms. The van der Waals surface area contributed by atoms with E-state index in [1.54, 1.807) is 20.3 Å². The van der Waals surface area contributed by atoms with Gasteiger partial charge < -0.3 is 24.3 Å². The Hall–Kier alpha value is -2.89. The van der Waals surface area contributed by atoms with Gasteiger partial charge in [-0.2, -0.15) is 0 Å². The van der Waals surface area contributed by atoms with Gasteiger partial charge in [0, 0.05) is 24.1 Å². The highest BCUT2D eigenvalue weighted by Gasteiger charge is 2.22. The van der Waals surface area contributed by atoms with Crippen molar-refractivity contribution < 1.29 is 23.7 Å². The highest BCUT2D eigenvalue weighted by molar-refractivity contribution is 5.79. The first-order chi connectivity index (χ1) is 13.5. The third-order valence-electron chi connectivity index (χ3n) is 4.67. The van der Waals surface area contributed by atoms with Crippen LogP contribution in [-0.4, -0.2) is 32.8 Å². The molecule has 2 aromatic rings. The summed E-state index contributed by atoms with van der Waals surface area (Å²) in [6, 6.07) is 9.47. The van der Waals surface area contributed by atoms with Crippen LogP contribution in [0.25, 0.3) is 0 Å². The number of carbonyl (C=O) groups excluding carboxylic acids is 1. The molecule has 0 aliphatic carbocycles. The number of fused-ring (bicyclic) bond motifs is 1. The van der Waals surface area contributed by atoms with E-state index in [1.165, 1.54) is 0 Å². The summed E-state index contributed by atoms with van der Waals surface area (Å²) in [7, 11) is 3.16. The molecule has 0 saturated carbocycles. The van der Waals surface area contributed by atoms with Gasteiger partial charge in [-0.3, -0.25) is 4.79 Å². The smallest absolute Gasteiger partial charge is 0.224 e. The number of ether oxygens (including phenoxy) is 4. The molecule has 0 spiro atoms. The van der Waals surface area contributed by atoms with Crippen molar-refractivity contribution in [2.24, 2.45) is 0 Å². The maximum Gasteiger partial charge on any atom is 0.224 e. The van der Waals surface area contributed by atoms with Crippen molar-refractivity contribution in [2.75, 3.05) is 20.8 Å². The lowest BCUT2D eigenvalue weighted by atomic mass is 10.1. The molecule has 0 aromatic heterocycles. The van der Waals surface area contributed by atoms with Crippen LogP contribution in [0.15, 0.2) is 30.3 Å². The molecule has 1 aliphatic heterocycles. The normalized spacial score (nSPS) is 14.8. The van der Waals surface area contributed by atoms with Gasteiger partial charge in [-0.1, -0.05) is 6.07 Å². The third kappa shape index (κ3) is 4.50. The lowest BCUT2D eigenvalue weighted by Crippen LogP contribution is -2.25. The summed E-state index contributed by atoms with van der Waals surface area (Å²) in [5.41, 5.74) is 2.91. The molecule has 0 radical (unpaired) electrons. The molecule has 0 saturated heterocycles. The Balaban J connectivity index is 1.67. The first kappa shape index (κ1) is 19.9. The van der Waals surface area contributed by atoms with Gasteiger partial charge in [0.15, 0.2) is 11.5 Å². The maximum atomic E-state index is 12.4. The molecule has 150 valence electrons. The number of hydrogen-bond donors (Lipinski definition) is 1. The van der Waals surface area contributed by atoms with Gasteiger partial charge in [-0.25, -0.2) is 0 Å². The molecule has 0 unspecified atom stereocenters. The van der Waals surface area contributed by atoms with Gasteiger partial charge in [-0.15, -0.1) is 0 Å². The number of methoxy groups -OCH3 is 2. The van der Waals surface area contributed by atoms with Gasteiger partial charge >= 0.3 is 0 Å². The lowest BCUT2D eigenvalue weighted by Gasteiger charge is -2.14. The Labute approximate surface area is 165 Å². The first-order valence-electron chi connectivity index (χ1n) is 9.46. The molecule has 6 nitrogen and oxygen atoms in total. The Morgan fingerprint density at radius 1 is 1.14 bits per heavy atom. The van der Waals surface area contributed by atoms with E-state index in [9.17, 15) is 4.79 Å². The fraction of sp³-hybridized carbons (Fsp3) is 0.409. The predicted octanol–water partition coefficient (Wildman–Crippen LogP) is 3.28. The van der Waals surface area contributed by atoms with Crippen LogP contribution in [0.1, 0.15) is 30.5 Å². The zero-order valence-electron chi connectivity index (χ0n) is 16.8. The van der Waals surface area contributed by atoms with Crippen LogP contribution in [0, 0.1) is 0 Å². The molecule has 1 N–H and O–H groups in total. The van der Waals surface area contributed by atoms with Gasteiger partial charge in [0.2, 0.25) is 5.91 Å². The average Bonchev–Trinajstić information content (AvgIpc) is 3.05. The highest BCUT2D eigenvalue weighted by atomic mass is 16.5. The monoisotopic (exact) mass is 385 g/mol. The predicted molar refractivity (Wildman–Crippen MR) is 107 cm³/mol. The Bertz CT molecular complexity index is 849. The summed E-state index contributed by atoms with van der Waals surface area (Å²) in [6.07, 6.45) is 1.30. The summed E-state index contributed by atoms with van der Waals surface area (Å²) in [5.74, 6) is 2.84. The van der Waals surface area contributed by atoms with Gasteiger partial charge in [0.05, 0.1) is 27.2 Å². The standard InChI is InChI=1S/C22H27NO5/c1-5-27-19-11-16-8-14(2)28-20(16)12-17(19)13-23-22(24)10-15-6-7-18(25-3)21(9-15)26-4/h6-7,9,11-12,14H,5,8,10,13H2,1-4H3,(H,23,24)/t14-/m0/s1. The van der Waals surface area contributed by atoms with E-state index in [2.05, 4.69) is 5.32 Å². The molecule has 1 amide bonds. The summed E-state index contributed by atoms with van der Waals surface area (Å²) >= 11 is 0. The number of benzene rings is 2. The molecule has 1 atom stereocenters. The number of carbonyl (C=O) groups is 1. The molecule has 6 heteroatoms. The van der Waals surface area contributed by atoms with Crippen molar-refractivity contribution in [1.29, 1.82) is 0 Å². The van der Waals surface area contributed by atoms with Gasteiger partial charge in [0.1, 0.15) is 17.6 Å². The minimum absolute atomic E-state index is 0.0792.